The third-order valence-corrected chi connectivity index (χ3v) is 8.05. The molecule has 0 aliphatic rings. The molecule has 0 saturated carbocycles. The molecule has 0 aliphatic carbocycles. The number of carbonyl (C=O) groups excluding carboxylic acids is 1. The van der Waals surface area contributed by atoms with Gasteiger partial charge in [-0.05, 0) is 64.7 Å². The lowest BCUT2D eigenvalue weighted by Crippen LogP contribution is -2.21. The number of hydrogen-bond acceptors (Lipinski definition) is 6. The van der Waals surface area contributed by atoms with Crippen molar-refractivity contribution in [2.45, 2.75) is 11.4 Å². The summed E-state index contributed by atoms with van der Waals surface area (Å²) in [6.07, 6.45) is 5.17. The summed E-state index contributed by atoms with van der Waals surface area (Å²) >= 11 is 0. The van der Waals surface area contributed by atoms with Crippen LogP contribution in [0, 0.1) is 0 Å². The van der Waals surface area contributed by atoms with Gasteiger partial charge in [-0.3, -0.25) is 10.1 Å². The van der Waals surface area contributed by atoms with Crippen LogP contribution in [0.4, 0.5) is 16.2 Å². The zero-order chi connectivity index (χ0) is 29.6. The minimum Gasteiger partial charge on any atom is -0.465 e. The predicted octanol–water partition coefficient (Wildman–Crippen LogP) is 4.18. The third-order valence-electron chi connectivity index (χ3n) is 5.75. The van der Waals surface area contributed by atoms with Crippen molar-refractivity contribution in [1.82, 2.24) is 8.69 Å². The zero-order valence-electron chi connectivity index (χ0n) is 21.7. The Morgan fingerprint density at radius 1 is 0.854 bits per heavy atom. The Hall–Kier alpha value is -4.72. The quantitative estimate of drug-likeness (QED) is 0.200. The highest BCUT2D eigenvalue weighted by atomic mass is 32.2. The van der Waals surface area contributed by atoms with Crippen LogP contribution in [0.5, 0.6) is 0 Å². The van der Waals surface area contributed by atoms with Crippen LogP contribution in [0.1, 0.15) is 11.1 Å². The number of amides is 2. The maximum Gasteiger partial charge on any atom is 0.409 e. The van der Waals surface area contributed by atoms with Gasteiger partial charge in [-0.25, -0.2) is 30.3 Å². The Morgan fingerprint density at radius 3 is 2.20 bits per heavy atom. The Morgan fingerprint density at radius 2 is 1.51 bits per heavy atom. The molecule has 0 aliphatic heterocycles. The molecular formula is C28H26N4O7S2. The van der Waals surface area contributed by atoms with Crippen LogP contribution >= 0.6 is 0 Å². The lowest BCUT2D eigenvalue weighted by atomic mass is 10.0. The first-order valence-electron chi connectivity index (χ1n) is 12.1. The molecule has 0 bridgehead atoms. The summed E-state index contributed by atoms with van der Waals surface area (Å²) in [5.41, 5.74) is 2.99. The van der Waals surface area contributed by atoms with Crippen molar-refractivity contribution in [3.63, 3.8) is 0 Å². The van der Waals surface area contributed by atoms with Crippen LogP contribution < -0.4 is 15.4 Å². The van der Waals surface area contributed by atoms with Crippen molar-refractivity contribution in [3.05, 3.63) is 108 Å². The second-order valence-corrected chi connectivity index (χ2v) is 12.6. The molecule has 3 aromatic carbocycles. The van der Waals surface area contributed by atoms with E-state index in [0.717, 1.165) is 15.8 Å². The Balaban J connectivity index is 1.49. The fraction of sp³-hybridized carbons (Fsp3) is 0.0714. The summed E-state index contributed by atoms with van der Waals surface area (Å²) in [5, 5.41) is 13.7. The van der Waals surface area contributed by atoms with E-state index in [-0.39, 0.29) is 22.8 Å². The van der Waals surface area contributed by atoms with E-state index in [1.807, 2.05) is 0 Å². The number of nitrogens with zero attached hydrogens (tertiary/aromatic N) is 1. The predicted molar refractivity (Wildman–Crippen MR) is 156 cm³/mol. The molecule has 1 heterocycles. The fourth-order valence-electron chi connectivity index (χ4n) is 3.84. The van der Waals surface area contributed by atoms with Gasteiger partial charge < -0.3 is 10.4 Å². The second-order valence-electron chi connectivity index (χ2n) is 8.90. The largest absolute Gasteiger partial charge is 0.465 e. The maximum absolute atomic E-state index is 13.3. The minimum absolute atomic E-state index is 0.0427. The molecule has 13 heteroatoms. The summed E-state index contributed by atoms with van der Waals surface area (Å²) in [7, 11) is -7.33. The molecule has 0 saturated heterocycles. The molecule has 0 radical (unpaired) electrons. The molecule has 0 unspecified atom stereocenters. The third kappa shape index (κ3) is 7.91. The molecule has 212 valence electrons. The number of nitrogens with one attached hydrogen (secondary N) is 3. The molecular weight excluding hydrogens is 568 g/mol. The zero-order valence-corrected chi connectivity index (χ0v) is 23.3. The normalized spacial score (nSPS) is 11.8. The Labute approximate surface area is 237 Å². The molecule has 2 amide bonds. The number of sulfonamides is 1. The lowest BCUT2D eigenvalue weighted by molar-refractivity contribution is -0.111. The highest BCUT2D eigenvalue weighted by Crippen LogP contribution is 2.25. The van der Waals surface area contributed by atoms with Crippen molar-refractivity contribution >= 4 is 49.5 Å². The van der Waals surface area contributed by atoms with E-state index in [4.69, 9.17) is 5.11 Å². The van der Waals surface area contributed by atoms with Crippen LogP contribution in [0.15, 0.2) is 102 Å². The SMILES string of the molecule is CS(=O)(=O)NCc1cccc(-c2cccc(S(=O)(=O)n3ccc(C=CC(=O)Nc4ccccc4NC(=O)O)c3)c2)c1. The van der Waals surface area contributed by atoms with Gasteiger partial charge in [-0.2, -0.15) is 0 Å². The molecule has 4 aromatic rings. The number of carbonyl (C=O) groups is 2. The maximum atomic E-state index is 13.3. The summed E-state index contributed by atoms with van der Waals surface area (Å²) in [6, 6.07) is 21.3. The lowest BCUT2D eigenvalue weighted by Gasteiger charge is -2.10. The van der Waals surface area contributed by atoms with Crippen molar-refractivity contribution in [2.24, 2.45) is 0 Å². The van der Waals surface area contributed by atoms with E-state index < -0.39 is 32.0 Å². The number of aromatic nitrogens is 1. The molecule has 41 heavy (non-hydrogen) atoms. The van der Waals surface area contributed by atoms with Gasteiger partial charge in [0.15, 0.2) is 0 Å². The van der Waals surface area contributed by atoms with Crippen LogP contribution in [0.2, 0.25) is 0 Å². The van der Waals surface area contributed by atoms with Crippen molar-refractivity contribution in [2.75, 3.05) is 16.9 Å². The van der Waals surface area contributed by atoms with Crippen molar-refractivity contribution < 1.29 is 31.5 Å². The van der Waals surface area contributed by atoms with E-state index in [1.165, 1.54) is 54.9 Å². The summed E-state index contributed by atoms with van der Waals surface area (Å²) in [4.78, 5) is 23.4. The smallest absolute Gasteiger partial charge is 0.409 e. The Kier molecular flexibility index (Phi) is 8.71. The van der Waals surface area contributed by atoms with E-state index in [9.17, 15) is 26.4 Å². The fourth-order valence-corrected chi connectivity index (χ4v) is 5.52. The minimum atomic E-state index is -3.97. The Bertz CT molecular complexity index is 1850. The van der Waals surface area contributed by atoms with Crippen molar-refractivity contribution in [3.8, 4) is 11.1 Å². The summed E-state index contributed by atoms with van der Waals surface area (Å²) < 4.78 is 53.0. The van der Waals surface area contributed by atoms with Gasteiger partial charge in [-0.15, -0.1) is 0 Å². The van der Waals surface area contributed by atoms with Crippen LogP contribution in [-0.4, -0.2) is 44.2 Å². The average Bonchev–Trinajstić information content (AvgIpc) is 3.42. The highest BCUT2D eigenvalue weighted by molar-refractivity contribution is 7.90. The second kappa shape index (κ2) is 12.2. The molecule has 4 rings (SSSR count). The number of anilines is 2. The number of para-hydroxylation sites is 2. The van der Waals surface area contributed by atoms with Crippen LogP contribution in [-0.2, 0) is 31.4 Å². The standard InChI is InChI=1S/C28H26N4O7S2/c1-40(36,37)29-18-21-6-4-7-22(16-21)23-8-5-9-24(17-23)41(38,39)32-15-14-20(19-32)12-13-27(33)30-25-10-2-3-11-26(25)31-28(34)35/h2-17,19,29,31H,18H2,1H3,(H,30,33)(H,34,35). The van der Waals surface area contributed by atoms with Gasteiger partial charge in [0.05, 0.1) is 22.5 Å². The van der Waals surface area contributed by atoms with E-state index in [0.29, 0.717) is 16.7 Å². The van der Waals surface area contributed by atoms with Crippen LogP contribution in [0.25, 0.3) is 17.2 Å². The molecule has 11 nitrogen and oxygen atoms in total. The van der Waals surface area contributed by atoms with Gasteiger partial charge in [0.25, 0.3) is 10.0 Å². The summed E-state index contributed by atoms with van der Waals surface area (Å²) in [5.74, 6) is -0.540. The molecule has 4 N–H and O–H groups in total. The monoisotopic (exact) mass is 594 g/mol. The molecule has 0 spiro atoms. The van der Waals surface area contributed by atoms with Crippen LogP contribution in [0.3, 0.4) is 0 Å². The molecule has 0 fully saturated rings. The van der Waals surface area contributed by atoms with E-state index in [2.05, 4.69) is 15.4 Å². The van der Waals surface area contributed by atoms with E-state index in [1.54, 1.807) is 48.5 Å². The van der Waals surface area contributed by atoms with Gasteiger partial charge in [0, 0.05) is 25.0 Å². The number of benzene rings is 3. The van der Waals surface area contributed by atoms with Gasteiger partial charge in [-0.1, -0.05) is 42.5 Å². The first kappa shape index (κ1) is 29.3. The van der Waals surface area contributed by atoms with E-state index >= 15 is 0 Å². The van der Waals surface area contributed by atoms with Gasteiger partial charge in [0.1, 0.15) is 0 Å². The number of rotatable bonds is 10. The average molecular weight is 595 g/mol. The van der Waals surface area contributed by atoms with Gasteiger partial charge >= 0.3 is 6.09 Å². The summed E-state index contributed by atoms with van der Waals surface area (Å²) in [6.45, 7) is 0.105. The molecule has 0 atom stereocenters. The molecule has 1 aromatic heterocycles. The first-order valence-corrected chi connectivity index (χ1v) is 15.4. The first-order chi connectivity index (χ1) is 19.4. The topological polar surface area (TPSA) is 164 Å². The number of carboxylic acid groups (broad SMARTS) is 1. The van der Waals surface area contributed by atoms with Gasteiger partial charge in [0.2, 0.25) is 15.9 Å². The number of hydrogen-bond donors (Lipinski definition) is 4. The highest BCUT2D eigenvalue weighted by Gasteiger charge is 2.17. The van der Waals surface area contributed by atoms with Crippen molar-refractivity contribution in [1.29, 1.82) is 0 Å².